The summed E-state index contributed by atoms with van der Waals surface area (Å²) in [5.74, 6) is -2.54. The number of carbonyl (C=O) groups is 1. The van der Waals surface area contributed by atoms with Crippen molar-refractivity contribution in [1.82, 2.24) is 0 Å². The molecule has 0 aliphatic rings. The van der Waals surface area contributed by atoms with Gasteiger partial charge in [-0.2, -0.15) is 0 Å². The van der Waals surface area contributed by atoms with E-state index in [1.54, 1.807) is 0 Å². The maximum absolute atomic E-state index is 11.8. The Hall–Kier alpha value is -1.60. The Morgan fingerprint density at radius 3 is 2.48 bits per heavy atom. The summed E-state index contributed by atoms with van der Waals surface area (Å²) in [5, 5.41) is 38.2. The predicted molar refractivity (Wildman–Crippen MR) is 79.0 cm³/mol. The number of rotatable bonds is 7. The molecule has 0 saturated carbocycles. The van der Waals surface area contributed by atoms with Crippen LogP contribution in [0.3, 0.4) is 0 Å². The molecule has 1 atom stereocenters. The van der Waals surface area contributed by atoms with Crippen LogP contribution in [-0.2, 0) is 4.74 Å². The molecule has 0 spiro atoms. The highest BCUT2D eigenvalue weighted by Crippen LogP contribution is 2.46. The average Bonchev–Trinajstić information content (AvgIpc) is 2.47. The highest BCUT2D eigenvalue weighted by Gasteiger charge is 2.24. The van der Waals surface area contributed by atoms with Gasteiger partial charge in [0, 0.05) is 11.9 Å². The number of aliphatic hydroxyl groups excluding tert-OH is 1. The van der Waals surface area contributed by atoms with Gasteiger partial charge < -0.3 is 25.2 Å². The summed E-state index contributed by atoms with van der Waals surface area (Å²) < 4.78 is 4.62. The van der Waals surface area contributed by atoms with Crippen LogP contribution in [0.5, 0.6) is 17.2 Å². The minimum Gasteiger partial charge on any atom is -0.504 e. The second-order valence-corrected chi connectivity index (χ2v) is 5.81. The van der Waals surface area contributed by atoms with E-state index in [1.807, 2.05) is 6.92 Å². The lowest BCUT2D eigenvalue weighted by atomic mass is 10.2. The van der Waals surface area contributed by atoms with Gasteiger partial charge >= 0.3 is 5.97 Å². The van der Waals surface area contributed by atoms with Crippen LogP contribution in [0.25, 0.3) is 0 Å². The van der Waals surface area contributed by atoms with Gasteiger partial charge in [0.2, 0.25) is 5.75 Å². The van der Waals surface area contributed by atoms with Gasteiger partial charge in [0.05, 0.1) is 17.6 Å². The number of hydrogen-bond acceptors (Lipinski definition) is 7. The minimum absolute atomic E-state index is 0.0178. The molecule has 1 aromatic rings. The summed E-state index contributed by atoms with van der Waals surface area (Å²) in [6.07, 6.45) is 2.13. The number of ether oxygens (including phenoxy) is 1. The second-order valence-electron chi connectivity index (χ2n) is 4.50. The van der Waals surface area contributed by atoms with E-state index in [9.17, 15) is 20.1 Å². The molecule has 4 N–H and O–H groups in total. The summed E-state index contributed by atoms with van der Waals surface area (Å²) in [6.45, 7) is 1.97. The smallest absolute Gasteiger partial charge is 0.339 e. The molecule has 7 heteroatoms. The van der Waals surface area contributed by atoms with Gasteiger partial charge in [-0.1, -0.05) is 13.3 Å². The molecule has 0 radical (unpaired) electrons. The third-order valence-electron chi connectivity index (χ3n) is 2.96. The maximum Gasteiger partial charge on any atom is 0.339 e. The van der Waals surface area contributed by atoms with Crippen molar-refractivity contribution in [3.05, 3.63) is 11.6 Å². The Balaban J connectivity index is 3.24. The van der Waals surface area contributed by atoms with E-state index in [2.05, 4.69) is 4.74 Å². The number of esters is 1. The zero-order valence-electron chi connectivity index (χ0n) is 12.0. The van der Waals surface area contributed by atoms with E-state index in [1.165, 1.54) is 18.9 Å². The first-order chi connectivity index (χ1) is 9.96. The van der Waals surface area contributed by atoms with E-state index >= 15 is 0 Å². The third-order valence-corrected chi connectivity index (χ3v) is 4.41. The molecule has 1 aromatic carbocycles. The summed E-state index contributed by atoms with van der Waals surface area (Å²) in [5.41, 5.74) is -0.0191. The molecular weight excluding hydrogens is 296 g/mol. The molecule has 21 heavy (non-hydrogen) atoms. The molecule has 0 saturated heterocycles. The molecule has 1 rings (SSSR count). The lowest BCUT2D eigenvalue weighted by Crippen LogP contribution is -2.08. The first kappa shape index (κ1) is 17.5. The maximum atomic E-state index is 11.8. The predicted octanol–water partition coefficient (Wildman–Crippen LogP) is 2.23. The normalized spacial score (nSPS) is 12.1. The quantitative estimate of drug-likeness (QED) is 0.347. The summed E-state index contributed by atoms with van der Waals surface area (Å²) in [4.78, 5) is 11.9. The molecule has 0 heterocycles. The van der Waals surface area contributed by atoms with Crippen molar-refractivity contribution in [1.29, 1.82) is 0 Å². The van der Waals surface area contributed by atoms with Crippen LogP contribution in [0.4, 0.5) is 0 Å². The summed E-state index contributed by atoms with van der Waals surface area (Å²) in [7, 11) is 1.19. The first-order valence-corrected chi connectivity index (χ1v) is 7.47. The average molecular weight is 316 g/mol. The Morgan fingerprint density at radius 2 is 1.95 bits per heavy atom. The van der Waals surface area contributed by atoms with Crippen molar-refractivity contribution >= 4 is 17.7 Å². The van der Waals surface area contributed by atoms with Gasteiger partial charge in [-0.05, 0) is 18.9 Å². The number of methoxy groups -OCH3 is 1. The van der Waals surface area contributed by atoms with Crippen LogP contribution in [-0.4, -0.2) is 45.4 Å². The SMILES string of the molecule is CCC[C@@H](CCO)Sc1c(C(=O)OC)cc(O)c(O)c1O. The number of thioether (sulfide) groups is 1. The highest BCUT2D eigenvalue weighted by molar-refractivity contribution is 8.00. The third kappa shape index (κ3) is 4.18. The monoisotopic (exact) mass is 316 g/mol. The minimum atomic E-state index is -0.720. The van der Waals surface area contributed by atoms with Crippen molar-refractivity contribution < 1.29 is 30.0 Å². The Bertz CT molecular complexity index is 497. The van der Waals surface area contributed by atoms with Crippen LogP contribution in [0.15, 0.2) is 11.0 Å². The van der Waals surface area contributed by atoms with E-state index in [-0.39, 0.29) is 22.3 Å². The number of hydrogen-bond donors (Lipinski definition) is 4. The number of aliphatic hydroxyl groups is 1. The number of aromatic hydroxyl groups is 3. The van der Waals surface area contributed by atoms with Crippen LogP contribution >= 0.6 is 11.8 Å². The lowest BCUT2D eigenvalue weighted by Gasteiger charge is -2.18. The van der Waals surface area contributed by atoms with E-state index in [4.69, 9.17) is 5.11 Å². The Kier molecular flexibility index (Phi) is 6.64. The number of benzene rings is 1. The molecule has 0 aliphatic heterocycles. The number of carbonyl (C=O) groups excluding carboxylic acids is 1. The Morgan fingerprint density at radius 1 is 1.29 bits per heavy atom. The van der Waals surface area contributed by atoms with Crippen molar-refractivity contribution in [2.75, 3.05) is 13.7 Å². The van der Waals surface area contributed by atoms with Crippen LogP contribution in [0.2, 0.25) is 0 Å². The van der Waals surface area contributed by atoms with E-state index in [0.717, 1.165) is 18.9 Å². The number of phenols is 3. The van der Waals surface area contributed by atoms with Gasteiger partial charge in [-0.3, -0.25) is 0 Å². The largest absolute Gasteiger partial charge is 0.504 e. The Labute approximate surface area is 127 Å². The first-order valence-electron chi connectivity index (χ1n) is 6.59. The van der Waals surface area contributed by atoms with Gasteiger partial charge in [-0.25, -0.2) is 4.79 Å². The standard InChI is InChI=1S/C14H20O6S/c1-3-4-8(5-6-15)21-13-9(14(19)20-2)7-10(16)11(17)12(13)18/h7-8,15-18H,3-6H2,1-2H3/t8-/m0/s1. The molecule has 6 nitrogen and oxygen atoms in total. The van der Waals surface area contributed by atoms with Gasteiger partial charge in [-0.15, -0.1) is 11.8 Å². The second kappa shape index (κ2) is 7.99. The molecule has 0 bridgehead atoms. The molecule has 0 aliphatic carbocycles. The van der Waals surface area contributed by atoms with Gasteiger partial charge in [0.15, 0.2) is 11.5 Å². The molecule has 0 amide bonds. The summed E-state index contributed by atoms with van der Waals surface area (Å²) >= 11 is 1.18. The fourth-order valence-corrected chi connectivity index (χ4v) is 3.29. The van der Waals surface area contributed by atoms with Crippen LogP contribution in [0, 0.1) is 0 Å². The lowest BCUT2D eigenvalue weighted by molar-refractivity contribution is 0.0595. The molecule has 0 aromatic heterocycles. The van der Waals surface area contributed by atoms with E-state index < -0.39 is 23.2 Å². The van der Waals surface area contributed by atoms with Gasteiger partial charge in [0.25, 0.3) is 0 Å². The van der Waals surface area contributed by atoms with Crippen molar-refractivity contribution in [3.8, 4) is 17.2 Å². The fraction of sp³-hybridized carbons (Fsp3) is 0.500. The van der Waals surface area contributed by atoms with Crippen LogP contribution < -0.4 is 0 Å². The van der Waals surface area contributed by atoms with Crippen LogP contribution in [0.1, 0.15) is 36.5 Å². The molecule has 0 fully saturated rings. The van der Waals surface area contributed by atoms with Crippen molar-refractivity contribution in [2.45, 2.75) is 36.3 Å². The molecule has 118 valence electrons. The molecular formula is C14H20O6S. The van der Waals surface area contributed by atoms with Gasteiger partial charge in [0.1, 0.15) is 0 Å². The highest BCUT2D eigenvalue weighted by atomic mass is 32.2. The zero-order valence-corrected chi connectivity index (χ0v) is 12.8. The number of phenolic OH excluding ortho intramolecular Hbond substituents is 3. The topological polar surface area (TPSA) is 107 Å². The van der Waals surface area contributed by atoms with Crippen molar-refractivity contribution in [2.24, 2.45) is 0 Å². The molecule has 0 unspecified atom stereocenters. The summed E-state index contributed by atoms with van der Waals surface area (Å²) in [6, 6.07) is 1.06. The van der Waals surface area contributed by atoms with E-state index in [0.29, 0.717) is 6.42 Å². The fourth-order valence-electron chi connectivity index (χ4n) is 1.90. The zero-order chi connectivity index (χ0) is 16.0. The van der Waals surface area contributed by atoms with Crippen molar-refractivity contribution in [3.63, 3.8) is 0 Å².